The Morgan fingerprint density at radius 1 is 1.55 bits per heavy atom. The van der Waals surface area contributed by atoms with E-state index in [2.05, 4.69) is 0 Å². The lowest BCUT2D eigenvalue weighted by molar-refractivity contribution is -0.266. The van der Waals surface area contributed by atoms with Gasteiger partial charge in [-0.25, -0.2) is 0 Å². The van der Waals surface area contributed by atoms with E-state index in [-0.39, 0.29) is 5.92 Å². The normalized spacial score (nSPS) is 39.5. The molecule has 1 fully saturated rings. The van der Waals surface area contributed by atoms with Crippen LogP contribution in [0, 0.1) is 5.92 Å². The number of ether oxygens (including phenoxy) is 1. The van der Waals surface area contributed by atoms with Gasteiger partial charge in [0.25, 0.3) is 0 Å². The first-order chi connectivity index (χ1) is 5.04. The van der Waals surface area contributed by atoms with Crippen LogP contribution in [0.1, 0.15) is 26.7 Å². The summed E-state index contributed by atoms with van der Waals surface area (Å²) in [6.07, 6.45) is 0.566. The minimum Gasteiger partial charge on any atom is -0.393 e. The molecule has 0 bridgehead atoms. The van der Waals surface area contributed by atoms with Gasteiger partial charge in [-0.1, -0.05) is 13.8 Å². The Labute approximate surface area is 67.0 Å². The third-order valence-corrected chi connectivity index (χ3v) is 2.23. The molecule has 1 aliphatic rings. The number of hydrogen-bond donors (Lipinski definition) is 2. The van der Waals surface area contributed by atoms with Gasteiger partial charge in [-0.05, 0) is 6.42 Å². The van der Waals surface area contributed by atoms with Crippen molar-refractivity contribution in [3.05, 3.63) is 0 Å². The third-order valence-electron chi connectivity index (χ3n) is 2.23. The molecule has 0 aromatic rings. The summed E-state index contributed by atoms with van der Waals surface area (Å²) in [7, 11) is 0. The monoisotopic (exact) mass is 160 g/mol. The topological polar surface area (TPSA) is 49.7 Å². The molecule has 0 saturated carbocycles. The van der Waals surface area contributed by atoms with Crippen LogP contribution >= 0.6 is 0 Å². The Hall–Kier alpha value is -0.120. The van der Waals surface area contributed by atoms with E-state index in [1.54, 1.807) is 0 Å². The summed E-state index contributed by atoms with van der Waals surface area (Å²) in [6.45, 7) is 4.23. The third kappa shape index (κ3) is 1.92. The Morgan fingerprint density at radius 3 is 2.55 bits per heavy atom. The van der Waals surface area contributed by atoms with Crippen molar-refractivity contribution in [2.24, 2.45) is 5.92 Å². The zero-order chi connectivity index (χ0) is 8.48. The van der Waals surface area contributed by atoms with Crippen molar-refractivity contribution in [3.8, 4) is 0 Å². The molecule has 0 radical (unpaired) electrons. The molecule has 1 heterocycles. The van der Waals surface area contributed by atoms with Gasteiger partial charge in [0.2, 0.25) is 0 Å². The van der Waals surface area contributed by atoms with Gasteiger partial charge in [0, 0.05) is 12.3 Å². The average Bonchev–Trinajstić information content (AvgIpc) is 1.86. The lowest BCUT2D eigenvalue weighted by Crippen LogP contribution is -2.45. The quantitative estimate of drug-likeness (QED) is 0.587. The highest BCUT2D eigenvalue weighted by atomic mass is 16.6. The maximum atomic E-state index is 9.74. The first-order valence-electron chi connectivity index (χ1n) is 4.09. The summed E-state index contributed by atoms with van der Waals surface area (Å²) in [5, 5.41) is 19.0. The minimum atomic E-state index is -1.10. The van der Waals surface area contributed by atoms with Crippen LogP contribution in [0.4, 0.5) is 0 Å². The fourth-order valence-electron chi connectivity index (χ4n) is 1.27. The summed E-state index contributed by atoms with van der Waals surface area (Å²) in [6, 6.07) is 0. The second kappa shape index (κ2) is 3.09. The van der Waals surface area contributed by atoms with Crippen LogP contribution in [-0.2, 0) is 4.74 Å². The standard InChI is InChI=1S/C8H16O3/c1-6(2)8(10)5-7(9)3-4-11-8/h6-7,9-10H,3-5H2,1-2H3/t7?,8-/m1/s1. The Morgan fingerprint density at radius 2 is 2.18 bits per heavy atom. The summed E-state index contributed by atoms with van der Waals surface area (Å²) in [5.74, 6) is -1.06. The van der Waals surface area contributed by atoms with Crippen LogP contribution in [0.3, 0.4) is 0 Å². The van der Waals surface area contributed by atoms with Gasteiger partial charge in [0.05, 0.1) is 12.7 Å². The Bertz CT molecular complexity index is 135. The van der Waals surface area contributed by atoms with Gasteiger partial charge in [-0.3, -0.25) is 0 Å². The molecule has 0 aromatic carbocycles. The smallest absolute Gasteiger partial charge is 0.170 e. The number of aliphatic hydroxyl groups excluding tert-OH is 1. The molecule has 1 saturated heterocycles. The molecule has 66 valence electrons. The highest BCUT2D eigenvalue weighted by molar-refractivity contribution is 4.79. The maximum absolute atomic E-state index is 9.74. The van der Waals surface area contributed by atoms with Gasteiger partial charge in [-0.15, -0.1) is 0 Å². The second-order valence-electron chi connectivity index (χ2n) is 3.49. The fourth-order valence-corrected chi connectivity index (χ4v) is 1.27. The van der Waals surface area contributed by atoms with Gasteiger partial charge >= 0.3 is 0 Å². The first kappa shape index (κ1) is 8.97. The minimum absolute atomic E-state index is 0.0393. The van der Waals surface area contributed by atoms with E-state index in [1.165, 1.54) is 0 Å². The molecule has 2 N–H and O–H groups in total. The van der Waals surface area contributed by atoms with E-state index in [4.69, 9.17) is 4.74 Å². The van der Waals surface area contributed by atoms with Crippen molar-refractivity contribution < 1.29 is 14.9 Å². The van der Waals surface area contributed by atoms with Crippen LogP contribution < -0.4 is 0 Å². The molecular formula is C8H16O3. The van der Waals surface area contributed by atoms with Crippen molar-refractivity contribution in [2.45, 2.75) is 38.6 Å². The molecule has 1 unspecified atom stereocenters. The molecule has 0 spiro atoms. The fraction of sp³-hybridized carbons (Fsp3) is 1.00. The lowest BCUT2D eigenvalue weighted by atomic mass is 9.93. The molecule has 2 atom stereocenters. The van der Waals surface area contributed by atoms with Gasteiger partial charge in [0.15, 0.2) is 5.79 Å². The predicted octanol–water partition coefficient (Wildman–Crippen LogP) is 0.502. The summed E-state index contributed by atoms with van der Waals surface area (Å²) >= 11 is 0. The maximum Gasteiger partial charge on any atom is 0.170 e. The molecule has 0 aliphatic carbocycles. The van der Waals surface area contributed by atoms with E-state index < -0.39 is 11.9 Å². The SMILES string of the molecule is CC(C)[C@@]1(O)CC(O)CCO1. The van der Waals surface area contributed by atoms with Gasteiger partial charge < -0.3 is 14.9 Å². The summed E-state index contributed by atoms with van der Waals surface area (Å²) in [5.41, 5.74) is 0. The van der Waals surface area contributed by atoms with E-state index in [0.29, 0.717) is 19.4 Å². The van der Waals surface area contributed by atoms with Crippen LogP contribution in [0.2, 0.25) is 0 Å². The zero-order valence-corrected chi connectivity index (χ0v) is 7.08. The molecule has 3 nitrogen and oxygen atoms in total. The van der Waals surface area contributed by atoms with Crippen molar-refractivity contribution in [1.29, 1.82) is 0 Å². The van der Waals surface area contributed by atoms with Crippen LogP contribution in [0.25, 0.3) is 0 Å². The summed E-state index contributed by atoms with van der Waals surface area (Å²) in [4.78, 5) is 0. The summed E-state index contributed by atoms with van der Waals surface area (Å²) < 4.78 is 5.19. The van der Waals surface area contributed by atoms with E-state index in [1.807, 2.05) is 13.8 Å². The predicted molar refractivity (Wildman–Crippen MR) is 41.0 cm³/mol. The molecule has 1 aliphatic heterocycles. The van der Waals surface area contributed by atoms with Crippen molar-refractivity contribution in [2.75, 3.05) is 6.61 Å². The van der Waals surface area contributed by atoms with Crippen molar-refractivity contribution >= 4 is 0 Å². The highest BCUT2D eigenvalue weighted by Crippen LogP contribution is 2.29. The number of hydrogen-bond acceptors (Lipinski definition) is 3. The lowest BCUT2D eigenvalue weighted by Gasteiger charge is -2.37. The molecular weight excluding hydrogens is 144 g/mol. The molecule has 1 rings (SSSR count). The highest BCUT2D eigenvalue weighted by Gasteiger charge is 2.37. The van der Waals surface area contributed by atoms with Gasteiger partial charge in [0.1, 0.15) is 0 Å². The molecule has 3 heteroatoms. The number of rotatable bonds is 1. The largest absolute Gasteiger partial charge is 0.393 e. The zero-order valence-electron chi connectivity index (χ0n) is 7.08. The molecule has 11 heavy (non-hydrogen) atoms. The van der Waals surface area contributed by atoms with Crippen LogP contribution in [-0.4, -0.2) is 28.7 Å². The average molecular weight is 160 g/mol. The number of aliphatic hydroxyl groups is 2. The van der Waals surface area contributed by atoms with Crippen LogP contribution in [0.5, 0.6) is 0 Å². The van der Waals surface area contributed by atoms with Gasteiger partial charge in [-0.2, -0.15) is 0 Å². The first-order valence-corrected chi connectivity index (χ1v) is 4.09. The van der Waals surface area contributed by atoms with Crippen molar-refractivity contribution in [1.82, 2.24) is 0 Å². The Kier molecular flexibility index (Phi) is 2.52. The van der Waals surface area contributed by atoms with Crippen LogP contribution in [0.15, 0.2) is 0 Å². The van der Waals surface area contributed by atoms with Crippen molar-refractivity contribution in [3.63, 3.8) is 0 Å². The second-order valence-corrected chi connectivity index (χ2v) is 3.49. The van der Waals surface area contributed by atoms with E-state index in [9.17, 15) is 10.2 Å². The van der Waals surface area contributed by atoms with E-state index >= 15 is 0 Å². The van der Waals surface area contributed by atoms with E-state index in [0.717, 1.165) is 0 Å². The Balaban J connectivity index is 2.55. The molecule has 0 amide bonds. The molecule has 0 aromatic heterocycles.